The molecule has 112 valence electrons. The van der Waals surface area contributed by atoms with E-state index in [-0.39, 0.29) is 5.75 Å². The number of halogens is 3. The number of hydrogen-bond acceptors (Lipinski definition) is 2. The number of hydrogen-bond donors (Lipinski definition) is 1. The molecule has 0 bridgehead atoms. The summed E-state index contributed by atoms with van der Waals surface area (Å²) >= 11 is 11.7. The Morgan fingerprint density at radius 2 is 1.90 bits per heavy atom. The normalized spacial score (nSPS) is 10.7. The van der Waals surface area contributed by atoms with Gasteiger partial charge in [-0.05, 0) is 42.8 Å². The molecule has 2 aromatic carbocycles. The lowest BCUT2D eigenvalue weighted by molar-refractivity contribution is 0.441. The number of ether oxygens (including phenoxy) is 1. The van der Waals surface area contributed by atoms with Crippen molar-refractivity contribution in [2.45, 2.75) is 19.9 Å². The zero-order valence-corrected chi connectivity index (χ0v) is 13.1. The Balaban J connectivity index is 2.08. The van der Waals surface area contributed by atoms with Gasteiger partial charge < -0.3 is 10.1 Å². The summed E-state index contributed by atoms with van der Waals surface area (Å²) in [5.74, 6) is 0.199. The van der Waals surface area contributed by atoms with Crippen LogP contribution in [0, 0.1) is 5.82 Å². The first kappa shape index (κ1) is 16.1. The van der Waals surface area contributed by atoms with Gasteiger partial charge in [-0.2, -0.15) is 0 Å². The van der Waals surface area contributed by atoms with Crippen LogP contribution in [-0.2, 0) is 6.54 Å². The van der Waals surface area contributed by atoms with E-state index in [4.69, 9.17) is 27.9 Å². The molecule has 0 aromatic heterocycles. The van der Waals surface area contributed by atoms with Crippen LogP contribution in [0.5, 0.6) is 11.5 Å². The van der Waals surface area contributed by atoms with Crippen molar-refractivity contribution in [2.75, 3.05) is 6.54 Å². The minimum absolute atomic E-state index is 0.160. The first-order valence-electron chi connectivity index (χ1n) is 6.72. The van der Waals surface area contributed by atoms with Gasteiger partial charge in [0.15, 0.2) is 11.6 Å². The van der Waals surface area contributed by atoms with Gasteiger partial charge >= 0.3 is 0 Å². The Hall–Kier alpha value is -1.29. The first-order valence-corrected chi connectivity index (χ1v) is 7.47. The Labute approximate surface area is 133 Å². The van der Waals surface area contributed by atoms with Crippen molar-refractivity contribution in [1.82, 2.24) is 5.32 Å². The number of rotatable bonds is 6. The zero-order chi connectivity index (χ0) is 15.2. The third-order valence-electron chi connectivity index (χ3n) is 2.87. The van der Waals surface area contributed by atoms with Gasteiger partial charge in [-0.15, -0.1) is 0 Å². The van der Waals surface area contributed by atoms with E-state index in [0.29, 0.717) is 22.3 Å². The smallest absolute Gasteiger partial charge is 0.166 e. The highest BCUT2D eigenvalue weighted by molar-refractivity contribution is 6.42. The van der Waals surface area contributed by atoms with Gasteiger partial charge in [0.05, 0.1) is 10.0 Å². The average Bonchev–Trinajstić information content (AvgIpc) is 2.46. The molecule has 0 saturated carbocycles. The quantitative estimate of drug-likeness (QED) is 0.715. The minimum Gasteiger partial charge on any atom is -0.454 e. The fourth-order valence-corrected chi connectivity index (χ4v) is 2.10. The van der Waals surface area contributed by atoms with Crippen molar-refractivity contribution in [3.8, 4) is 11.5 Å². The Morgan fingerprint density at radius 3 is 2.57 bits per heavy atom. The first-order chi connectivity index (χ1) is 10.1. The van der Waals surface area contributed by atoms with Crippen LogP contribution in [0.15, 0.2) is 36.4 Å². The van der Waals surface area contributed by atoms with Crippen LogP contribution in [0.25, 0.3) is 0 Å². The van der Waals surface area contributed by atoms with Crippen LogP contribution in [0.1, 0.15) is 18.9 Å². The molecule has 2 nitrogen and oxygen atoms in total. The van der Waals surface area contributed by atoms with Gasteiger partial charge in [0.25, 0.3) is 0 Å². The second-order valence-electron chi connectivity index (χ2n) is 4.62. The molecule has 0 unspecified atom stereocenters. The van der Waals surface area contributed by atoms with E-state index < -0.39 is 5.82 Å². The molecule has 0 atom stereocenters. The molecule has 1 N–H and O–H groups in total. The van der Waals surface area contributed by atoms with E-state index in [1.807, 2.05) is 6.07 Å². The van der Waals surface area contributed by atoms with Gasteiger partial charge in [-0.1, -0.05) is 36.2 Å². The van der Waals surface area contributed by atoms with Crippen LogP contribution in [0.3, 0.4) is 0 Å². The Bertz CT molecular complexity index is 619. The molecule has 0 aliphatic rings. The highest BCUT2D eigenvalue weighted by Crippen LogP contribution is 2.30. The lowest BCUT2D eigenvalue weighted by Crippen LogP contribution is -2.13. The molecule has 0 radical (unpaired) electrons. The van der Waals surface area contributed by atoms with Crippen LogP contribution in [0.4, 0.5) is 4.39 Å². The van der Waals surface area contributed by atoms with E-state index in [1.54, 1.807) is 24.3 Å². The van der Waals surface area contributed by atoms with E-state index in [2.05, 4.69) is 12.2 Å². The summed E-state index contributed by atoms with van der Waals surface area (Å²) in [4.78, 5) is 0. The van der Waals surface area contributed by atoms with E-state index in [9.17, 15) is 4.39 Å². The zero-order valence-electron chi connectivity index (χ0n) is 11.6. The maximum atomic E-state index is 14.0. The lowest BCUT2D eigenvalue weighted by atomic mass is 10.2. The average molecular weight is 328 g/mol. The molecule has 21 heavy (non-hydrogen) atoms. The van der Waals surface area contributed by atoms with E-state index in [1.165, 1.54) is 6.07 Å². The molecular formula is C16H16Cl2FNO. The van der Waals surface area contributed by atoms with Crippen molar-refractivity contribution in [3.05, 3.63) is 57.8 Å². The van der Waals surface area contributed by atoms with Crippen LogP contribution < -0.4 is 10.1 Å². The van der Waals surface area contributed by atoms with Crippen LogP contribution in [-0.4, -0.2) is 6.54 Å². The van der Waals surface area contributed by atoms with Crippen molar-refractivity contribution < 1.29 is 9.13 Å². The standard InChI is InChI=1S/C16H16Cl2FNO/c1-2-7-20-10-11-3-6-16(15(19)8-11)21-12-4-5-13(17)14(18)9-12/h3-6,8-9,20H,2,7,10H2,1H3. The molecular weight excluding hydrogens is 312 g/mol. The highest BCUT2D eigenvalue weighted by Gasteiger charge is 2.07. The second-order valence-corrected chi connectivity index (χ2v) is 5.43. The van der Waals surface area contributed by atoms with Gasteiger partial charge in [-0.25, -0.2) is 4.39 Å². The Morgan fingerprint density at radius 1 is 1.10 bits per heavy atom. The largest absolute Gasteiger partial charge is 0.454 e. The summed E-state index contributed by atoms with van der Waals surface area (Å²) < 4.78 is 19.5. The monoisotopic (exact) mass is 327 g/mol. The molecule has 5 heteroatoms. The van der Waals surface area contributed by atoms with Crippen molar-refractivity contribution >= 4 is 23.2 Å². The van der Waals surface area contributed by atoms with E-state index in [0.717, 1.165) is 18.5 Å². The molecule has 0 amide bonds. The molecule has 0 heterocycles. The van der Waals surface area contributed by atoms with Crippen molar-refractivity contribution in [1.29, 1.82) is 0 Å². The molecule has 2 rings (SSSR count). The van der Waals surface area contributed by atoms with Gasteiger partial charge in [0.1, 0.15) is 5.75 Å². The summed E-state index contributed by atoms with van der Waals surface area (Å²) in [7, 11) is 0. The summed E-state index contributed by atoms with van der Waals surface area (Å²) in [6, 6.07) is 9.72. The molecule has 0 aliphatic carbocycles. The summed E-state index contributed by atoms with van der Waals surface area (Å²) in [5.41, 5.74) is 0.877. The summed E-state index contributed by atoms with van der Waals surface area (Å²) in [6.07, 6.45) is 1.04. The highest BCUT2D eigenvalue weighted by atomic mass is 35.5. The van der Waals surface area contributed by atoms with Gasteiger partial charge in [-0.3, -0.25) is 0 Å². The van der Waals surface area contributed by atoms with Crippen molar-refractivity contribution in [2.24, 2.45) is 0 Å². The van der Waals surface area contributed by atoms with Crippen LogP contribution in [0.2, 0.25) is 10.0 Å². The maximum absolute atomic E-state index is 14.0. The number of benzene rings is 2. The van der Waals surface area contributed by atoms with Crippen molar-refractivity contribution in [3.63, 3.8) is 0 Å². The Kier molecular flexibility index (Phi) is 5.85. The predicted molar refractivity (Wildman–Crippen MR) is 84.9 cm³/mol. The maximum Gasteiger partial charge on any atom is 0.166 e. The lowest BCUT2D eigenvalue weighted by Gasteiger charge is -2.09. The molecule has 0 saturated heterocycles. The van der Waals surface area contributed by atoms with Gasteiger partial charge in [0.2, 0.25) is 0 Å². The molecule has 2 aromatic rings. The fraction of sp³-hybridized carbons (Fsp3) is 0.250. The fourth-order valence-electron chi connectivity index (χ4n) is 1.81. The third-order valence-corrected chi connectivity index (χ3v) is 3.61. The minimum atomic E-state index is -0.406. The molecule has 0 aliphatic heterocycles. The summed E-state index contributed by atoms with van der Waals surface area (Å²) in [6.45, 7) is 3.63. The topological polar surface area (TPSA) is 21.3 Å². The molecule has 0 spiro atoms. The second kappa shape index (κ2) is 7.64. The molecule has 0 fully saturated rings. The van der Waals surface area contributed by atoms with Crippen LogP contribution >= 0.6 is 23.2 Å². The SMILES string of the molecule is CCCNCc1ccc(Oc2ccc(Cl)c(Cl)c2)c(F)c1. The third kappa shape index (κ3) is 4.60. The number of nitrogens with one attached hydrogen (secondary N) is 1. The summed E-state index contributed by atoms with van der Waals surface area (Å²) in [5, 5.41) is 4.02. The van der Waals surface area contributed by atoms with Gasteiger partial charge in [0, 0.05) is 12.6 Å². The van der Waals surface area contributed by atoms with E-state index >= 15 is 0 Å². The predicted octanol–water partition coefficient (Wildman–Crippen LogP) is 5.42.